The number of carbonyl (C=O) groups is 1. The zero-order chi connectivity index (χ0) is 19.2. The predicted molar refractivity (Wildman–Crippen MR) is 111 cm³/mol. The second kappa shape index (κ2) is 8.27. The van der Waals surface area contributed by atoms with E-state index in [2.05, 4.69) is 15.5 Å². The Morgan fingerprint density at radius 3 is 1.96 bits per heavy atom. The minimum atomic E-state index is -0.170. The summed E-state index contributed by atoms with van der Waals surface area (Å²) in [4.78, 5) is 13.2. The van der Waals surface area contributed by atoms with Crippen LogP contribution in [0, 0.1) is 0 Å². The first-order valence-electron chi connectivity index (χ1n) is 9.11. The molecule has 0 aliphatic rings. The van der Waals surface area contributed by atoms with Crippen LogP contribution in [0.25, 0.3) is 22.4 Å². The first kappa shape index (κ1) is 17.6. The first-order chi connectivity index (χ1) is 13.8. The van der Waals surface area contributed by atoms with Crippen molar-refractivity contribution in [2.75, 3.05) is 0 Å². The Morgan fingerprint density at radius 2 is 1.32 bits per heavy atom. The largest absolute Gasteiger partial charge is 0.348 e. The van der Waals surface area contributed by atoms with Gasteiger partial charge in [-0.15, -0.1) is 5.10 Å². The highest BCUT2D eigenvalue weighted by Crippen LogP contribution is 2.30. The highest BCUT2D eigenvalue weighted by molar-refractivity contribution is 6.05. The van der Waals surface area contributed by atoms with Crippen molar-refractivity contribution >= 4 is 5.91 Å². The summed E-state index contributed by atoms with van der Waals surface area (Å²) in [6, 6.07) is 29.3. The lowest BCUT2D eigenvalue weighted by Crippen LogP contribution is -2.24. The van der Waals surface area contributed by atoms with Crippen LogP contribution in [0.15, 0.2) is 97.2 Å². The molecule has 1 amide bonds. The lowest BCUT2D eigenvalue weighted by Gasteiger charge is -2.14. The molecule has 0 aliphatic carbocycles. The first-order valence-corrected chi connectivity index (χ1v) is 9.11. The van der Waals surface area contributed by atoms with Crippen LogP contribution in [0.4, 0.5) is 0 Å². The van der Waals surface area contributed by atoms with Gasteiger partial charge in [0, 0.05) is 17.7 Å². The molecule has 0 unspecified atom stereocenters. The van der Waals surface area contributed by atoms with Gasteiger partial charge in [-0.3, -0.25) is 4.79 Å². The Balaban J connectivity index is 1.77. The number of nitrogens with one attached hydrogen (secondary N) is 1. The summed E-state index contributed by atoms with van der Waals surface area (Å²) in [6.07, 6.45) is 1.65. The summed E-state index contributed by atoms with van der Waals surface area (Å²) in [7, 11) is 0. The molecule has 4 rings (SSSR count). The zero-order valence-electron chi connectivity index (χ0n) is 15.2. The Morgan fingerprint density at radius 1 is 0.750 bits per heavy atom. The maximum atomic E-state index is 13.2. The van der Waals surface area contributed by atoms with Crippen molar-refractivity contribution in [3.05, 3.63) is 108 Å². The molecule has 0 bridgehead atoms. The Kier molecular flexibility index (Phi) is 5.20. The third-order valence-electron chi connectivity index (χ3n) is 4.51. The number of nitrogens with zero attached hydrogens (tertiary/aromatic N) is 2. The zero-order valence-corrected chi connectivity index (χ0v) is 15.2. The molecule has 0 aliphatic heterocycles. The van der Waals surface area contributed by atoms with Gasteiger partial charge >= 0.3 is 0 Å². The van der Waals surface area contributed by atoms with Gasteiger partial charge in [0.05, 0.1) is 11.8 Å². The van der Waals surface area contributed by atoms with Crippen molar-refractivity contribution < 1.29 is 4.79 Å². The van der Waals surface area contributed by atoms with E-state index in [1.54, 1.807) is 6.20 Å². The molecular formula is C24H19N3O. The molecule has 0 spiro atoms. The molecule has 1 aromatic heterocycles. The summed E-state index contributed by atoms with van der Waals surface area (Å²) >= 11 is 0. The van der Waals surface area contributed by atoms with Crippen LogP contribution >= 0.6 is 0 Å². The predicted octanol–water partition coefficient (Wildman–Crippen LogP) is 4.74. The second-order valence-corrected chi connectivity index (χ2v) is 6.38. The van der Waals surface area contributed by atoms with Gasteiger partial charge in [0.2, 0.25) is 0 Å². The molecule has 0 saturated heterocycles. The topological polar surface area (TPSA) is 54.9 Å². The van der Waals surface area contributed by atoms with Gasteiger partial charge in [-0.1, -0.05) is 91.0 Å². The van der Waals surface area contributed by atoms with Crippen LogP contribution in [-0.4, -0.2) is 16.1 Å². The number of carbonyl (C=O) groups excluding carboxylic acids is 1. The van der Waals surface area contributed by atoms with E-state index < -0.39 is 0 Å². The molecular weight excluding hydrogens is 346 g/mol. The van der Waals surface area contributed by atoms with Crippen molar-refractivity contribution in [3.8, 4) is 22.4 Å². The van der Waals surface area contributed by atoms with E-state index in [0.717, 1.165) is 22.3 Å². The van der Waals surface area contributed by atoms with Gasteiger partial charge in [-0.25, -0.2) is 0 Å². The van der Waals surface area contributed by atoms with Gasteiger partial charge in [0.1, 0.15) is 5.69 Å². The number of hydrogen-bond donors (Lipinski definition) is 1. The molecule has 3 aromatic carbocycles. The quantitative estimate of drug-likeness (QED) is 0.556. The summed E-state index contributed by atoms with van der Waals surface area (Å²) in [5.41, 5.74) is 4.70. The molecule has 4 nitrogen and oxygen atoms in total. The summed E-state index contributed by atoms with van der Waals surface area (Å²) < 4.78 is 0. The Bertz CT molecular complexity index is 1010. The minimum absolute atomic E-state index is 0.170. The molecule has 0 radical (unpaired) electrons. The van der Waals surface area contributed by atoms with E-state index in [1.165, 1.54) is 0 Å². The average molecular weight is 365 g/mol. The van der Waals surface area contributed by atoms with Gasteiger partial charge in [-0.2, -0.15) is 5.10 Å². The smallest absolute Gasteiger partial charge is 0.254 e. The van der Waals surface area contributed by atoms with Crippen molar-refractivity contribution in [1.29, 1.82) is 0 Å². The normalized spacial score (nSPS) is 10.4. The molecule has 4 heteroatoms. The summed E-state index contributed by atoms with van der Waals surface area (Å²) in [5.74, 6) is -0.170. The minimum Gasteiger partial charge on any atom is -0.348 e. The molecule has 0 saturated carbocycles. The van der Waals surface area contributed by atoms with E-state index in [4.69, 9.17) is 0 Å². The van der Waals surface area contributed by atoms with Crippen molar-refractivity contribution in [1.82, 2.24) is 15.5 Å². The number of amides is 1. The number of hydrogen-bond acceptors (Lipinski definition) is 3. The number of aromatic nitrogens is 2. The lowest BCUT2D eigenvalue weighted by molar-refractivity contribution is 0.0951. The van der Waals surface area contributed by atoms with Crippen LogP contribution in [0.1, 0.15) is 15.9 Å². The Labute approximate surface area is 163 Å². The third kappa shape index (κ3) is 3.81. The lowest BCUT2D eigenvalue weighted by atomic mass is 9.97. The van der Waals surface area contributed by atoms with E-state index in [9.17, 15) is 4.79 Å². The fourth-order valence-corrected chi connectivity index (χ4v) is 3.12. The van der Waals surface area contributed by atoms with Gasteiger partial charge in [0.25, 0.3) is 5.91 Å². The maximum absolute atomic E-state index is 13.2. The highest BCUT2D eigenvalue weighted by Gasteiger charge is 2.20. The van der Waals surface area contributed by atoms with E-state index in [-0.39, 0.29) is 5.91 Å². The molecule has 1 N–H and O–H groups in total. The van der Waals surface area contributed by atoms with E-state index in [1.807, 2.05) is 91.0 Å². The number of benzene rings is 3. The van der Waals surface area contributed by atoms with Crippen LogP contribution in [-0.2, 0) is 6.54 Å². The van der Waals surface area contributed by atoms with E-state index >= 15 is 0 Å². The molecule has 28 heavy (non-hydrogen) atoms. The van der Waals surface area contributed by atoms with Crippen LogP contribution < -0.4 is 5.32 Å². The molecule has 0 atom stereocenters. The van der Waals surface area contributed by atoms with Crippen molar-refractivity contribution in [3.63, 3.8) is 0 Å². The maximum Gasteiger partial charge on any atom is 0.254 e. The highest BCUT2D eigenvalue weighted by atomic mass is 16.1. The van der Waals surface area contributed by atoms with Gasteiger partial charge in [-0.05, 0) is 11.1 Å². The summed E-state index contributed by atoms with van der Waals surface area (Å²) in [6.45, 7) is 0.449. The molecule has 136 valence electrons. The monoisotopic (exact) mass is 365 g/mol. The Hall–Kier alpha value is -3.79. The standard InChI is InChI=1S/C24H19N3O/c28-24(25-16-18-10-4-1-5-11-18)22-21(19-12-6-2-7-13-19)17-26-27-23(22)20-14-8-3-9-15-20/h1-15,17H,16H2,(H,25,28). The van der Waals surface area contributed by atoms with Crippen LogP contribution in [0.3, 0.4) is 0 Å². The third-order valence-corrected chi connectivity index (χ3v) is 4.51. The fourth-order valence-electron chi connectivity index (χ4n) is 3.12. The van der Waals surface area contributed by atoms with Gasteiger partial charge < -0.3 is 5.32 Å². The van der Waals surface area contributed by atoms with Crippen LogP contribution in [0.5, 0.6) is 0 Å². The molecule has 4 aromatic rings. The van der Waals surface area contributed by atoms with E-state index in [0.29, 0.717) is 17.8 Å². The second-order valence-electron chi connectivity index (χ2n) is 6.38. The average Bonchev–Trinajstić information content (AvgIpc) is 2.79. The van der Waals surface area contributed by atoms with Gasteiger partial charge in [0.15, 0.2) is 0 Å². The van der Waals surface area contributed by atoms with Crippen molar-refractivity contribution in [2.45, 2.75) is 6.54 Å². The molecule has 1 heterocycles. The fraction of sp³-hybridized carbons (Fsp3) is 0.0417. The van der Waals surface area contributed by atoms with Crippen LogP contribution in [0.2, 0.25) is 0 Å². The SMILES string of the molecule is O=C(NCc1ccccc1)c1c(-c2ccccc2)cnnc1-c1ccccc1. The molecule has 0 fully saturated rings. The van der Waals surface area contributed by atoms with Crippen molar-refractivity contribution in [2.24, 2.45) is 0 Å². The number of rotatable bonds is 5. The summed E-state index contributed by atoms with van der Waals surface area (Å²) in [5, 5.41) is 11.5.